The summed E-state index contributed by atoms with van der Waals surface area (Å²) < 4.78 is 0. The molecule has 0 bridgehead atoms. The number of carbonyl (C=O) groups excluding carboxylic acids is 1. The minimum atomic E-state index is -1.67. The molecule has 25 heavy (non-hydrogen) atoms. The maximum Gasteiger partial charge on any atom is 0.475 e. The molecular formula is C15H16BN5O3S. The number of H-pyrrole nitrogens is 1. The van der Waals surface area contributed by atoms with Crippen LogP contribution in [0.5, 0.6) is 0 Å². The van der Waals surface area contributed by atoms with Crippen LogP contribution in [0.2, 0.25) is 0 Å². The number of tetrazole rings is 1. The van der Waals surface area contributed by atoms with Crippen molar-refractivity contribution in [3.8, 4) is 11.4 Å². The maximum atomic E-state index is 12.1. The van der Waals surface area contributed by atoms with Crippen LogP contribution in [0.4, 0.5) is 0 Å². The first-order chi connectivity index (χ1) is 12.1. The standard InChI is InChI=1S/C15H16BN5O3S/c22-14(9-12-5-2-6-25-12)17-13(16(23)24)8-10-3-1-4-11(7-10)15-18-20-21-19-15/h1-7,13,23-24H,8-9H2,(H,17,22)(H,18,19,20,21)/t13-/m0/s1. The van der Waals surface area contributed by atoms with Crippen molar-refractivity contribution in [3.63, 3.8) is 0 Å². The molecule has 8 nitrogen and oxygen atoms in total. The zero-order valence-corrected chi connectivity index (χ0v) is 14.0. The smallest absolute Gasteiger partial charge is 0.426 e. The van der Waals surface area contributed by atoms with E-state index in [4.69, 9.17) is 0 Å². The second-order valence-electron chi connectivity index (χ2n) is 5.48. The first-order valence-electron chi connectivity index (χ1n) is 7.62. The molecule has 0 spiro atoms. The summed E-state index contributed by atoms with van der Waals surface area (Å²) in [4.78, 5) is 13.0. The Balaban J connectivity index is 1.67. The minimum Gasteiger partial charge on any atom is -0.426 e. The van der Waals surface area contributed by atoms with Crippen molar-refractivity contribution in [3.05, 3.63) is 52.2 Å². The fraction of sp³-hybridized carbons (Fsp3) is 0.200. The van der Waals surface area contributed by atoms with E-state index in [1.54, 1.807) is 0 Å². The minimum absolute atomic E-state index is 0.212. The van der Waals surface area contributed by atoms with Crippen molar-refractivity contribution >= 4 is 24.4 Å². The molecule has 10 heteroatoms. The summed E-state index contributed by atoms with van der Waals surface area (Å²) in [6.07, 6.45) is 0.476. The molecule has 0 unspecified atom stereocenters. The topological polar surface area (TPSA) is 124 Å². The molecule has 0 aliphatic rings. The van der Waals surface area contributed by atoms with E-state index in [1.807, 2.05) is 41.8 Å². The van der Waals surface area contributed by atoms with Crippen LogP contribution in [0.1, 0.15) is 10.4 Å². The monoisotopic (exact) mass is 357 g/mol. The lowest BCUT2D eigenvalue weighted by Gasteiger charge is -2.18. The highest BCUT2D eigenvalue weighted by atomic mass is 32.1. The molecule has 0 fully saturated rings. The molecule has 4 N–H and O–H groups in total. The van der Waals surface area contributed by atoms with Crippen molar-refractivity contribution in [2.45, 2.75) is 18.8 Å². The molecule has 3 rings (SSSR count). The Morgan fingerprint density at radius 2 is 2.20 bits per heavy atom. The summed E-state index contributed by atoms with van der Waals surface area (Å²) in [5.74, 6) is -0.618. The Labute approximate surface area is 148 Å². The number of nitrogens with zero attached hydrogens (tertiary/aromatic N) is 3. The van der Waals surface area contributed by atoms with Crippen molar-refractivity contribution in [2.75, 3.05) is 0 Å². The Hall–Kier alpha value is -2.56. The average molecular weight is 357 g/mol. The van der Waals surface area contributed by atoms with E-state index in [2.05, 4.69) is 25.9 Å². The largest absolute Gasteiger partial charge is 0.475 e. The van der Waals surface area contributed by atoms with Gasteiger partial charge in [-0.1, -0.05) is 24.3 Å². The second kappa shape index (κ2) is 8.01. The Morgan fingerprint density at radius 3 is 2.88 bits per heavy atom. The van der Waals surface area contributed by atoms with Gasteiger partial charge in [0.25, 0.3) is 0 Å². The van der Waals surface area contributed by atoms with Crippen molar-refractivity contribution in [2.24, 2.45) is 0 Å². The third kappa shape index (κ3) is 4.72. The highest BCUT2D eigenvalue weighted by molar-refractivity contribution is 7.10. The summed E-state index contributed by atoms with van der Waals surface area (Å²) in [7, 11) is -1.67. The van der Waals surface area contributed by atoms with Gasteiger partial charge in [0.05, 0.1) is 12.4 Å². The molecule has 1 atom stereocenters. The summed E-state index contributed by atoms with van der Waals surface area (Å²) in [6, 6.07) is 11.0. The number of hydrogen-bond acceptors (Lipinski definition) is 7. The van der Waals surface area contributed by atoms with E-state index in [0.717, 1.165) is 16.0 Å². The zero-order chi connectivity index (χ0) is 17.6. The number of amides is 1. The van der Waals surface area contributed by atoms with Gasteiger partial charge in [-0.15, -0.1) is 21.5 Å². The number of nitrogens with one attached hydrogen (secondary N) is 2. The molecule has 2 heterocycles. The SMILES string of the molecule is O=C(Cc1cccs1)N[C@@H](Cc1cccc(-c2nn[nH]n2)c1)B(O)O. The lowest BCUT2D eigenvalue weighted by molar-refractivity contribution is -0.120. The van der Waals surface area contributed by atoms with Gasteiger partial charge in [-0.2, -0.15) is 5.21 Å². The first kappa shape index (κ1) is 17.3. The number of rotatable bonds is 7. The number of hydrogen-bond donors (Lipinski definition) is 4. The van der Waals surface area contributed by atoms with Crippen LogP contribution in [0, 0.1) is 0 Å². The van der Waals surface area contributed by atoms with E-state index in [9.17, 15) is 14.8 Å². The van der Waals surface area contributed by atoms with Gasteiger partial charge < -0.3 is 15.4 Å². The summed E-state index contributed by atoms with van der Waals surface area (Å²) in [6.45, 7) is 0. The van der Waals surface area contributed by atoms with E-state index >= 15 is 0 Å². The molecule has 0 saturated heterocycles. The van der Waals surface area contributed by atoms with Crippen LogP contribution in [0.25, 0.3) is 11.4 Å². The lowest BCUT2D eigenvalue weighted by Crippen LogP contribution is -2.48. The Morgan fingerprint density at radius 1 is 1.32 bits per heavy atom. The fourth-order valence-electron chi connectivity index (χ4n) is 2.44. The van der Waals surface area contributed by atoms with Gasteiger partial charge in [-0.3, -0.25) is 4.79 Å². The molecule has 1 amide bonds. The van der Waals surface area contributed by atoms with Crippen LogP contribution >= 0.6 is 11.3 Å². The van der Waals surface area contributed by atoms with E-state index in [1.165, 1.54) is 11.3 Å². The highest BCUT2D eigenvalue weighted by Crippen LogP contribution is 2.16. The molecule has 0 radical (unpaired) electrons. The highest BCUT2D eigenvalue weighted by Gasteiger charge is 2.26. The quantitative estimate of drug-likeness (QED) is 0.448. The third-order valence-corrected chi connectivity index (χ3v) is 4.48. The molecule has 3 aromatic rings. The van der Waals surface area contributed by atoms with Gasteiger partial charge in [-0.25, -0.2) is 0 Å². The molecular weight excluding hydrogens is 341 g/mol. The maximum absolute atomic E-state index is 12.1. The van der Waals surface area contributed by atoms with Crippen LogP contribution < -0.4 is 5.32 Å². The molecule has 128 valence electrons. The van der Waals surface area contributed by atoms with Gasteiger partial charge in [0, 0.05) is 10.4 Å². The van der Waals surface area contributed by atoms with E-state index < -0.39 is 13.1 Å². The van der Waals surface area contributed by atoms with Gasteiger partial charge in [0.1, 0.15) is 0 Å². The van der Waals surface area contributed by atoms with Crippen LogP contribution in [-0.2, 0) is 17.6 Å². The molecule has 0 aliphatic heterocycles. The number of thiophene rings is 1. The normalized spacial score (nSPS) is 11.9. The number of benzene rings is 1. The number of carbonyl (C=O) groups is 1. The summed E-state index contributed by atoms with van der Waals surface area (Å²) in [5, 5.41) is 37.5. The van der Waals surface area contributed by atoms with Crippen LogP contribution in [0.15, 0.2) is 41.8 Å². The predicted molar refractivity (Wildman–Crippen MR) is 93.5 cm³/mol. The number of aromatic amines is 1. The number of aromatic nitrogens is 4. The zero-order valence-electron chi connectivity index (χ0n) is 13.2. The average Bonchev–Trinajstić information content (AvgIpc) is 3.28. The van der Waals surface area contributed by atoms with E-state index in [-0.39, 0.29) is 18.7 Å². The van der Waals surface area contributed by atoms with Gasteiger partial charge in [-0.05, 0) is 34.7 Å². The van der Waals surface area contributed by atoms with Gasteiger partial charge >= 0.3 is 7.12 Å². The predicted octanol–water partition coefficient (Wildman–Crippen LogP) is 0.210. The second-order valence-corrected chi connectivity index (χ2v) is 6.52. The summed E-state index contributed by atoms with van der Waals surface area (Å²) >= 11 is 1.48. The fourth-order valence-corrected chi connectivity index (χ4v) is 3.14. The van der Waals surface area contributed by atoms with Crippen LogP contribution in [-0.4, -0.2) is 49.6 Å². The molecule has 0 aliphatic carbocycles. The van der Waals surface area contributed by atoms with Gasteiger partial charge in [0.15, 0.2) is 0 Å². The lowest BCUT2D eigenvalue weighted by atomic mass is 9.75. The van der Waals surface area contributed by atoms with E-state index in [0.29, 0.717) is 5.82 Å². The van der Waals surface area contributed by atoms with Crippen molar-refractivity contribution < 1.29 is 14.8 Å². The van der Waals surface area contributed by atoms with Crippen molar-refractivity contribution in [1.82, 2.24) is 25.9 Å². The molecule has 2 aromatic heterocycles. The van der Waals surface area contributed by atoms with Gasteiger partial charge in [0.2, 0.25) is 11.7 Å². The van der Waals surface area contributed by atoms with Crippen LogP contribution in [0.3, 0.4) is 0 Å². The summed E-state index contributed by atoms with van der Waals surface area (Å²) in [5.41, 5.74) is 1.57. The Kier molecular flexibility index (Phi) is 5.54. The molecule has 1 aromatic carbocycles. The molecule has 0 saturated carbocycles. The Bertz CT molecular complexity index is 810. The first-order valence-corrected chi connectivity index (χ1v) is 8.50. The van der Waals surface area contributed by atoms with Crippen molar-refractivity contribution in [1.29, 1.82) is 0 Å². The third-order valence-electron chi connectivity index (χ3n) is 3.61.